The van der Waals surface area contributed by atoms with E-state index in [0.29, 0.717) is 41.0 Å². The lowest BCUT2D eigenvalue weighted by Gasteiger charge is -2.16. The zero-order valence-electron chi connectivity index (χ0n) is 22.4. The van der Waals surface area contributed by atoms with Gasteiger partial charge in [0.05, 0.1) is 30.8 Å². The SMILES string of the molecule is COc1ccc2c(c1)c(Cl)c(-c1noc(C)n1)n2-c1ccc(CNC(=O)C2(NC(=O)c3cc(OC)no3)CC2)cc1. The van der Waals surface area contributed by atoms with Gasteiger partial charge in [0, 0.05) is 24.5 Å². The lowest BCUT2D eigenvalue weighted by molar-refractivity contribution is -0.124. The fourth-order valence-corrected chi connectivity index (χ4v) is 4.93. The third-order valence-corrected chi connectivity index (χ3v) is 7.34. The van der Waals surface area contributed by atoms with Crippen molar-refractivity contribution in [1.82, 2.24) is 30.5 Å². The molecule has 0 spiro atoms. The highest BCUT2D eigenvalue weighted by atomic mass is 35.5. The first-order valence-electron chi connectivity index (χ1n) is 12.7. The second-order valence-electron chi connectivity index (χ2n) is 9.64. The Morgan fingerprint density at radius 3 is 2.46 bits per heavy atom. The van der Waals surface area contributed by atoms with Gasteiger partial charge in [-0.2, -0.15) is 4.98 Å². The molecular weight excluding hydrogens is 552 g/mol. The van der Waals surface area contributed by atoms with Crippen molar-refractivity contribution < 1.29 is 28.1 Å². The smallest absolute Gasteiger partial charge is 0.290 e. The lowest BCUT2D eigenvalue weighted by atomic mass is 10.1. The van der Waals surface area contributed by atoms with Crippen LogP contribution in [0.25, 0.3) is 28.1 Å². The molecule has 6 rings (SSSR count). The summed E-state index contributed by atoms with van der Waals surface area (Å²) in [6, 6.07) is 14.7. The number of nitrogens with one attached hydrogen (secondary N) is 2. The molecule has 0 aliphatic heterocycles. The number of carbonyl (C=O) groups is 2. The largest absolute Gasteiger partial charge is 0.497 e. The molecule has 41 heavy (non-hydrogen) atoms. The van der Waals surface area contributed by atoms with Crippen LogP contribution in [0.3, 0.4) is 0 Å². The number of aryl methyl sites for hydroxylation is 1. The minimum Gasteiger partial charge on any atom is -0.497 e. The zero-order valence-corrected chi connectivity index (χ0v) is 23.1. The second-order valence-corrected chi connectivity index (χ2v) is 10.0. The van der Waals surface area contributed by atoms with Crippen molar-refractivity contribution in [3.8, 4) is 28.8 Å². The number of nitrogens with zero attached hydrogens (tertiary/aromatic N) is 4. The highest BCUT2D eigenvalue weighted by molar-refractivity contribution is 6.38. The molecule has 2 amide bonds. The number of carbonyl (C=O) groups excluding carboxylic acids is 2. The summed E-state index contributed by atoms with van der Waals surface area (Å²) < 4.78 is 22.5. The van der Waals surface area contributed by atoms with Crippen LogP contribution in [0.4, 0.5) is 0 Å². The molecule has 2 aromatic carbocycles. The molecule has 5 aromatic rings. The van der Waals surface area contributed by atoms with Crippen molar-refractivity contribution in [2.45, 2.75) is 31.8 Å². The Kier molecular flexibility index (Phi) is 6.62. The van der Waals surface area contributed by atoms with Gasteiger partial charge in [-0.1, -0.05) is 28.9 Å². The van der Waals surface area contributed by atoms with Gasteiger partial charge in [-0.15, -0.1) is 0 Å². The van der Waals surface area contributed by atoms with E-state index in [1.54, 1.807) is 14.0 Å². The van der Waals surface area contributed by atoms with Gasteiger partial charge in [0.2, 0.25) is 23.4 Å². The molecule has 1 aliphatic carbocycles. The Labute approximate surface area is 238 Å². The van der Waals surface area contributed by atoms with Gasteiger partial charge in [0.15, 0.2) is 0 Å². The number of amides is 2. The van der Waals surface area contributed by atoms with Crippen LogP contribution in [0.1, 0.15) is 34.9 Å². The van der Waals surface area contributed by atoms with E-state index < -0.39 is 11.4 Å². The van der Waals surface area contributed by atoms with Gasteiger partial charge < -0.3 is 33.7 Å². The number of benzene rings is 2. The van der Waals surface area contributed by atoms with Crippen LogP contribution in [0.2, 0.25) is 5.02 Å². The molecule has 0 bridgehead atoms. The van der Waals surface area contributed by atoms with E-state index in [9.17, 15) is 9.59 Å². The average molecular weight is 577 g/mol. The molecule has 0 radical (unpaired) electrons. The fourth-order valence-electron chi connectivity index (χ4n) is 4.61. The molecule has 210 valence electrons. The molecule has 2 N–H and O–H groups in total. The number of hydrogen-bond donors (Lipinski definition) is 2. The maximum absolute atomic E-state index is 13.0. The van der Waals surface area contributed by atoms with E-state index >= 15 is 0 Å². The van der Waals surface area contributed by atoms with Gasteiger partial charge in [0.1, 0.15) is 17.0 Å². The number of hydrogen-bond acceptors (Lipinski definition) is 9. The maximum atomic E-state index is 13.0. The van der Waals surface area contributed by atoms with Crippen LogP contribution in [-0.2, 0) is 11.3 Å². The Balaban J connectivity index is 1.21. The van der Waals surface area contributed by atoms with Crippen LogP contribution in [-0.4, -0.2) is 51.4 Å². The van der Waals surface area contributed by atoms with Crippen molar-refractivity contribution in [2.75, 3.05) is 14.2 Å². The van der Waals surface area contributed by atoms with E-state index in [1.165, 1.54) is 13.2 Å². The van der Waals surface area contributed by atoms with Crippen LogP contribution >= 0.6 is 11.6 Å². The quantitative estimate of drug-likeness (QED) is 0.263. The molecule has 3 heterocycles. The fraction of sp³-hybridized carbons (Fsp3) is 0.250. The topological polar surface area (TPSA) is 147 Å². The van der Waals surface area contributed by atoms with Gasteiger partial charge >= 0.3 is 0 Å². The first kappa shape index (κ1) is 26.4. The summed E-state index contributed by atoms with van der Waals surface area (Å²) in [7, 11) is 3.02. The van der Waals surface area contributed by atoms with Crippen LogP contribution in [0.15, 0.2) is 57.6 Å². The number of halogens is 1. The highest BCUT2D eigenvalue weighted by Crippen LogP contribution is 2.40. The summed E-state index contributed by atoms with van der Waals surface area (Å²) >= 11 is 6.84. The van der Waals surface area contributed by atoms with Gasteiger partial charge in [-0.25, -0.2) is 0 Å². The first-order chi connectivity index (χ1) is 19.8. The summed E-state index contributed by atoms with van der Waals surface area (Å²) in [6.45, 7) is 1.99. The molecule has 12 nitrogen and oxygen atoms in total. The minimum atomic E-state index is -0.976. The van der Waals surface area contributed by atoms with Gasteiger partial charge in [0.25, 0.3) is 11.8 Å². The first-order valence-corrected chi connectivity index (χ1v) is 13.1. The standard InChI is InChI=1S/C28H25ClN6O6/c1-15-31-25(34-40-15)24-23(29)19-12-18(38-2)8-9-20(19)35(24)17-6-4-16(5-7-17)14-30-27(37)28(10-11-28)32-26(36)21-13-22(39-3)33-41-21/h4-9,12-13H,10-11,14H2,1-3H3,(H,30,37)(H,32,36). The Morgan fingerprint density at radius 2 is 1.83 bits per heavy atom. The van der Waals surface area contributed by atoms with Crippen LogP contribution in [0.5, 0.6) is 11.6 Å². The highest BCUT2D eigenvalue weighted by Gasteiger charge is 2.51. The van der Waals surface area contributed by atoms with E-state index in [-0.39, 0.29) is 24.1 Å². The van der Waals surface area contributed by atoms with Crippen molar-refractivity contribution in [3.63, 3.8) is 0 Å². The van der Waals surface area contributed by atoms with Crippen LogP contribution < -0.4 is 20.1 Å². The summed E-state index contributed by atoms with van der Waals surface area (Å²) in [6.07, 6.45) is 1.05. The predicted octanol–water partition coefficient (Wildman–Crippen LogP) is 4.23. The van der Waals surface area contributed by atoms with Crippen molar-refractivity contribution in [1.29, 1.82) is 0 Å². The number of rotatable bonds is 9. The minimum absolute atomic E-state index is 0.0250. The molecule has 1 aliphatic rings. The predicted molar refractivity (Wildman–Crippen MR) is 147 cm³/mol. The maximum Gasteiger partial charge on any atom is 0.290 e. The third-order valence-electron chi connectivity index (χ3n) is 6.96. The number of fused-ring (bicyclic) bond motifs is 1. The van der Waals surface area contributed by atoms with E-state index in [2.05, 4.69) is 25.9 Å². The van der Waals surface area contributed by atoms with Gasteiger partial charge in [-0.05, 0) is 53.9 Å². The molecule has 0 unspecified atom stereocenters. The molecule has 13 heteroatoms. The van der Waals surface area contributed by atoms with E-state index in [4.69, 9.17) is 30.1 Å². The summed E-state index contributed by atoms with van der Waals surface area (Å²) in [5.41, 5.74) is 2.13. The Morgan fingerprint density at radius 1 is 1.05 bits per heavy atom. The molecule has 3 aromatic heterocycles. The summed E-state index contributed by atoms with van der Waals surface area (Å²) in [5.74, 6) is 0.809. The number of aromatic nitrogens is 4. The Hall–Kier alpha value is -4.84. The lowest BCUT2D eigenvalue weighted by Crippen LogP contribution is -2.48. The van der Waals surface area contributed by atoms with Crippen LogP contribution in [0, 0.1) is 6.92 Å². The monoisotopic (exact) mass is 576 g/mol. The molecule has 1 saturated carbocycles. The molecule has 0 atom stereocenters. The zero-order chi connectivity index (χ0) is 28.7. The molecule has 0 saturated heterocycles. The molecule has 1 fully saturated rings. The van der Waals surface area contributed by atoms with E-state index in [0.717, 1.165) is 22.2 Å². The molecular formula is C28H25ClN6O6. The van der Waals surface area contributed by atoms with E-state index in [1.807, 2.05) is 47.0 Å². The third kappa shape index (κ3) is 4.86. The number of ether oxygens (including phenoxy) is 2. The summed E-state index contributed by atoms with van der Waals surface area (Å²) in [5, 5.41) is 14.6. The summed E-state index contributed by atoms with van der Waals surface area (Å²) in [4.78, 5) is 29.9. The van der Waals surface area contributed by atoms with Crippen molar-refractivity contribution in [2.24, 2.45) is 0 Å². The van der Waals surface area contributed by atoms with Crippen molar-refractivity contribution >= 4 is 34.3 Å². The van der Waals surface area contributed by atoms with Gasteiger partial charge in [-0.3, -0.25) is 9.59 Å². The van der Waals surface area contributed by atoms with Crippen molar-refractivity contribution in [3.05, 3.63) is 70.8 Å². The Bertz CT molecular complexity index is 1770. The average Bonchev–Trinajstić information content (AvgIpc) is 3.30. The normalized spacial score (nSPS) is 13.7. The second kappa shape index (κ2) is 10.3. The number of methoxy groups -OCH3 is 2.